The van der Waals surface area contributed by atoms with E-state index in [2.05, 4.69) is 42.8 Å². The lowest BCUT2D eigenvalue weighted by Gasteiger charge is -2.11. The maximum absolute atomic E-state index is 5.79. The number of halogens is 1. The number of alkyl halides is 1. The second kappa shape index (κ2) is 4.19. The van der Waals surface area contributed by atoms with E-state index in [0.29, 0.717) is 5.50 Å². The van der Waals surface area contributed by atoms with Crippen molar-refractivity contribution in [2.24, 2.45) is 0 Å². The van der Waals surface area contributed by atoms with Crippen molar-refractivity contribution in [2.75, 3.05) is 5.50 Å². The number of rotatable bonds is 1. The van der Waals surface area contributed by atoms with Crippen LogP contribution in [0.25, 0.3) is 0 Å². The predicted molar refractivity (Wildman–Crippen MR) is 62.3 cm³/mol. The van der Waals surface area contributed by atoms with Crippen molar-refractivity contribution in [3.05, 3.63) is 0 Å². The molecule has 0 saturated carbocycles. The van der Waals surface area contributed by atoms with Crippen LogP contribution in [0, 0.1) is 23.1 Å². The fraction of sp³-hybridized carbons (Fsp3) is 0.556. The zero-order valence-electron chi connectivity index (χ0n) is 8.16. The summed E-state index contributed by atoms with van der Waals surface area (Å²) in [5.41, 5.74) is 9.98. The van der Waals surface area contributed by atoms with Gasteiger partial charge in [-0.2, -0.15) is 0 Å². The van der Waals surface area contributed by atoms with E-state index in [1.54, 1.807) is 0 Å². The van der Waals surface area contributed by atoms with Crippen LogP contribution in [0.3, 0.4) is 0 Å². The number of terminal acetylenes is 1. The third-order valence-corrected chi connectivity index (χ3v) is 6.60. The standard InChI is InChI=1S/C9H15ClSi2/c1-6-11(2,3)7-8-12(4,5)9-10/h1H,9H2,2-5H3. The summed E-state index contributed by atoms with van der Waals surface area (Å²) < 4.78 is 0. The monoisotopic (exact) mass is 214 g/mol. The number of hydrogen-bond donors (Lipinski definition) is 0. The minimum atomic E-state index is -1.66. The molecular weight excluding hydrogens is 200 g/mol. The number of hydrogen-bond acceptors (Lipinski definition) is 0. The molecular formula is C9H15ClSi2. The molecule has 0 aliphatic carbocycles. The summed E-state index contributed by atoms with van der Waals surface area (Å²) in [6, 6.07) is 0. The van der Waals surface area contributed by atoms with Crippen LogP contribution in [0.1, 0.15) is 0 Å². The topological polar surface area (TPSA) is 0 Å². The minimum Gasteiger partial charge on any atom is -0.136 e. The van der Waals surface area contributed by atoms with Gasteiger partial charge in [-0.15, -0.1) is 34.7 Å². The molecule has 0 amide bonds. The Hall–Kier alpha value is -0.156. The average Bonchev–Trinajstić information content (AvgIpc) is 2.02. The first-order chi connectivity index (χ1) is 5.33. The first kappa shape index (κ1) is 11.8. The molecule has 0 spiro atoms. The summed E-state index contributed by atoms with van der Waals surface area (Å²) in [6.45, 7) is 8.49. The Morgan fingerprint density at radius 3 is 2.00 bits per heavy atom. The van der Waals surface area contributed by atoms with Crippen LogP contribution in [-0.4, -0.2) is 21.7 Å². The molecule has 0 rings (SSSR count). The van der Waals surface area contributed by atoms with Crippen LogP contribution in [0.5, 0.6) is 0 Å². The van der Waals surface area contributed by atoms with Gasteiger partial charge in [0.2, 0.25) is 8.07 Å². The van der Waals surface area contributed by atoms with Gasteiger partial charge in [-0.05, 0) is 13.1 Å². The molecule has 0 aromatic rings. The Bertz CT molecular complexity index is 250. The van der Waals surface area contributed by atoms with E-state index in [1.807, 2.05) is 0 Å². The van der Waals surface area contributed by atoms with Gasteiger partial charge >= 0.3 is 0 Å². The SMILES string of the molecule is C#C[Si](C)(C)C#C[Si](C)(C)CCl. The average molecular weight is 215 g/mol. The van der Waals surface area contributed by atoms with Crippen molar-refractivity contribution in [2.45, 2.75) is 26.2 Å². The Balaban J connectivity index is 4.53. The van der Waals surface area contributed by atoms with Gasteiger partial charge in [-0.25, -0.2) is 0 Å². The van der Waals surface area contributed by atoms with E-state index in [1.165, 1.54) is 0 Å². The third kappa shape index (κ3) is 4.67. The van der Waals surface area contributed by atoms with E-state index in [-0.39, 0.29) is 0 Å². The maximum atomic E-state index is 5.79. The van der Waals surface area contributed by atoms with Gasteiger partial charge in [0.15, 0.2) is 0 Å². The van der Waals surface area contributed by atoms with Crippen molar-refractivity contribution in [1.82, 2.24) is 0 Å². The molecule has 3 heteroatoms. The summed E-state index contributed by atoms with van der Waals surface area (Å²) in [5, 5.41) is 0. The molecule has 0 radical (unpaired) electrons. The van der Waals surface area contributed by atoms with Crippen LogP contribution < -0.4 is 0 Å². The van der Waals surface area contributed by atoms with Crippen molar-refractivity contribution < 1.29 is 0 Å². The molecule has 0 nitrogen and oxygen atoms in total. The molecule has 0 saturated heterocycles. The van der Waals surface area contributed by atoms with Gasteiger partial charge in [0.05, 0.1) is 0 Å². The molecule has 0 aliphatic rings. The maximum Gasteiger partial charge on any atom is 0.209 e. The first-order valence-corrected chi connectivity index (χ1v) is 10.7. The predicted octanol–water partition coefficient (Wildman–Crippen LogP) is 2.44. The van der Waals surface area contributed by atoms with Crippen LogP contribution in [0.2, 0.25) is 26.2 Å². The smallest absolute Gasteiger partial charge is 0.136 e. The molecule has 0 aliphatic heterocycles. The summed E-state index contributed by atoms with van der Waals surface area (Å²) in [4.78, 5) is 0. The normalized spacial score (nSPS) is 11.3. The van der Waals surface area contributed by atoms with Crippen LogP contribution in [-0.2, 0) is 0 Å². The van der Waals surface area contributed by atoms with E-state index in [4.69, 9.17) is 18.0 Å². The quantitative estimate of drug-likeness (QED) is 0.358. The fourth-order valence-electron chi connectivity index (χ4n) is 0.395. The highest BCUT2D eigenvalue weighted by Crippen LogP contribution is 2.04. The van der Waals surface area contributed by atoms with Gasteiger partial charge in [-0.3, -0.25) is 0 Å². The van der Waals surface area contributed by atoms with Crippen LogP contribution >= 0.6 is 11.6 Å². The molecule has 0 unspecified atom stereocenters. The third-order valence-electron chi connectivity index (χ3n) is 1.41. The largest absolute Gasteiger partial charge is 0.209 e. The Morgan fingerprint density at radius 1 is 1.17 bits per heavy atom. The molecule has 0 aromatic carbocycles. The molecule has 66 valence electrons. The van der Waals surface area contributed by atoms with Crippen molar-refractivity contribution in [3.8, 4) is 23.1 Å². The highest BCUT2D eigenvalue weighted by atomic mass is 35.5. The minimum absolute atomic E-state index is 0.690. The molecule has 0 atom stereocenters. The summed E-state index contributed by atoms with van der Waals surface area (Å²) in [6.07, 6.45) is 5.37. The molecule has 0 bridgehead atoms. The summed E-state index contributed by atoms with van der Waals surface area (Å²) in [5.74, 6) is 0. The lowest BCUT2D eigenvalue weighted by atomic mass is 11.3. The van der Waals surface area contributed by atoms with E-state index in [9.17, 15) is 0 Å². The molecule has 0 aromatic heterocycles. The second-order valence-corrected chi connectivity index (χ2v) is 12.9. The van der Waals surface area contributed by atoms with Gasteiger partial charge in [0, 0.05) is 5.50 Å². The van der Waals surface area contributed by atoms with Crippen LogP contribution in [0.15, 0.2) is 0 Å². The molecule has 0 heterocycles. The van der Waals surface area contributed by atoms with Crippen LogP contribution in [0.4, 0.5) is 0 Å². The molecule has 12 heavy (non-hydrogen) atoms. The highest BCUT2D eigenvalue weighted by molar-refractivity contribution is 6.95. The zero-order chi connectivity index (χ0) is 9.83. The van der Waals surface area contributed by atoms with Crippen molar-refractivity contribution >= 4 is 27.7 Å². The summed E-state index contributed by atoms with van der Waals surface area (Å²) in [7, 11) is -3.12. The lowest BCUT2D eigenvalue weighted by molar-refractivity contribution is 1.76. The fourth-order valence-corrected chi connectivity index (χ4v) is 3.34. The Kier molecular flexibility index (Phi) is 4.13. The Labute approximate surface area is 82.7 Å². The Morgan fingerprint density at radius 2 is 1.67 bits per heavy atom. The first-order valence-electron chi connectivity index (χ1n) is 3.91. The van der Waals surface area contributed by atoms with Gasteiger partial charge in [0.1, 0.15) is 8.07 Å². The summed E-state index contributed by atoms with van der Waals surface area (Å²) >= 11 is 5.79. The van der Waals surface area contributed by atoms with Gasteiger partial charge < -0.3 is 0 Å². The highest BCUT2D eigenvalue weighted by Gasteiger charge is 2.18. The van der Waals surface area contributed by atoms with Crippen molar-refractivity contribution in [1.29, 1.82) is 0 Å². The van der Waals surface area contributed by atoms with E-state index in [0.717, 1.165) is 0 Å². The zero-order valence-corrected chi connectivity index (χ0v) is 10.9. The van der Waals surface area contributed by atoms with E-state index >= 15 is 0 Å². The van der Waals surface area contributed by atoms with Gasteiger partial charge in [-0.1, -0.05) is 13.1 Å². The van der Waals surface area contributed by atoms with Crippen molar-refractivity contribution in [3.63, 3.8) is 0 Å². The molecule has 0 N–H and O–H groups in total. The van der Waals surface area contributed by atoms with E-state index < -0.39 is 16.1 Å². The second-order valence-electron chi connectivity index (χ2n) is 4.04. The van der Waals surface area contributed by atoms with Gasteiger partial charge in [0.25, 0.3) is 0 Å². The molecule has 0 fully saturated rings. The lowest BCUT2D eigenvalue weighted by Crippen LogP contribution is -2.29.